The van der Waals surface area contributed by atoms with Gasteiger partial charge >= 0.3 is 6.03 Å². The number of rotatable bonds is 4. The molecule has 1 atom stereocenters. The van der Waals surface area contributed by atoms with E-state index in [9.17, 15) is 4.79 Å². The Bertz CT molecular complexity index is 714. The zero-order valence-electron chi connectivity index (χ0n) is 15.1. The van der Waals surface area contributed by atoms with E-state index in [1.165, 1.54) is 11.1 Å². The predicted molar refractivity (Wildman–Crippen MR) is 102 cm³/mol. The van der Waals surface area contributed by atoms with Crippen LogP contribution < -0.4 is 10.1 Å². The Balaban J connectivity index is 1.20. The molecule has 2 aromatic carbocycles. The van der Waals surface area contributed by atoms with E-state index in [1.807, 2.05) is 23.1 Å². The molecule has 1 saturated heterocycles. The second-order valence-electron chi connectivity index (χ2n) is 7.36. The summed E-state index contributed by atoms with van der Waals surface area (Å²) in [5.41, 5.74) is 2.63. The molecule has 4 rings (SSSR count). The number of carbonyl (C=O) groups excluding carboxylic acids is 1. The molecule has 4 nitrogen and oxygen atoms in total. The van der Waals surface area contributed by atoms with Crippen LogP contribution >= 0.6 is 0 Å². The van der Waals surface area contributed by atoms with Gasteiger partial charge in [0.2, 0.25) is 0 Å². The summed E-state index contributed by atoms with van der Waals surface area (Å²) < 4.78 is 5.89. The lowest BCUT2D eigenvalue weighted by Gasteiger charge is -2.32. The fourth-order valence-corrected chi connectivity index (χ4v) is 3.97. The minimum atomic E-state index is 0.0442. The fourth-order valence-electron chi connectivity index (χ4n) is 3.97. The fraction of sp³-hybridized carbons (Fsp3) is 0.409. The summed E-state index contributed by atoms with van der Waals surface area (Å²) in [7, 11) is 0. The lowest BCUT2D eigenvalue weighted by atomic mass is 9.90. The van der Waals surface area contributed by atoms with Crippen LogP contribution in [0.4, 0.5) is 4.79 Å². The Morgan fingerprint density at radius 1 is 1.04 bits per heavy atom. The molecule has 0 unspecified atom stereocenters. The van der Waals surface area contributed by atoms with Crippen LogP contribution in [0.5, 0.6) is 5.75 Å². The van der Waals surface area contributed by atoms with Crippen molar-refractivity contribution >= 4 is 6.03 Å². The van der Waals surface area contributed by atoms with Crippen LogP contribution in [-0.4, -0.2) is 36.7 Å². The minimum absolute atomic E-state index is 0.0442. The van der Waals surface area contributed by atoms with Crippen molar-refractivity contribution in [2.24, 2.45) is 5.92 Å². The van der Waals surface area contributed by atoms with Crippen molar-refractivity contribution in [2.45, 2.75) is 31.8 Å². The van der Waals surface area contributed by atoms with Crippen LogP contribution in [0.2, 0.25) is 0 Å². The van der Waals surface area contributed by atoms with Gasteiger partial charge in [-0.1, -0.05) is 48.5 Å². The van der Waals surface area contributed by atoms with Gasteiger partial charge in [-0.3, -0.25) is 0 Å². The van der Waals surface area contributed by atoms with Crippen molar-refractivity contribution in [1.82, 2.24) is 10.2 Å². The van der Waals surface area contributed by atoms with Crippen LogP contribution in [0.1, 0.15) is 24.0 Å². The Hall–Kier alpha value is -2.49. The van der Waals surface area contributed by atoms with Crippen molar-refractivity contribution in [3.05, 3.63) is 65.7 Å². The number of piperidine rings is 1. The van der Waals surface area contributed by atoms with Crippen LogP contribution in [0.3, 0.4) is 0 Å². The van der Waals surface area contributed by atoms with Crippen LogP contribution in [0.25, 0.3) is 0 Å². The molecule has 0 saturated carbocycles. The number of hydrogen-bond donors (Lipinski definition) is 1. The van der Waals surface area contributed by atoms with Gasteiger partial charge < -0.3 is 15.0 Å². The van der Waals surface area contributed by atoms with Crippen molar-refractivity contribution in [3.8, 4) is 5.75 Å². The lowest BCUT2D eigenvalue weighted by molar-refractivity contribution is 0.162. The highest BCUT2D eigenvalue weighted by atomic mass is 16.5. The van der Waals surface area contributed by atoms with Gasteiger partial charge in [0.15, 0.2) is 0 Å². The van der Waals surface area contributed by atoms with Gasteiger partial charge in [0, 0.05) is 19.5 Å². The van der Waals surface area contributed by atoms with Crippen molar-refractivity contribution < 1.29 is 9.53 Å². The first-order valence-electron chi connectivity index (χ1n) is 9.59. The van der Waals surface area contributed by atoms with Gasteiger partial charge in [0.1, 0.15) is 11.9 Å². The third-order valence-corrected chi connectivity index (χ3v) is 5.46. The molecular weight excluding hydrogens is 324 g/mol. The number of amides is 2. The van der Waals surface area contributed by atoms with Crippen LogP contribution in [-0.2, 0) is 12.8 Å². The van der Waals surface area contributed by atoms with Gasteiger partial charge in [-0.2, -0.15) is 0 Å². The molecule has 0 bridgehead atoms. The van der Waals surface area contributed by atoms with E-state index in [2.05, 4.69) is 41.7 Å². The largest absolute Gasteiger partial charge is 0.488 e. The Kier molecular flexibility index (Phi) is 5.09. The van der Waals surface area contributed by atoms with Gasteiger partial charge in [-0.25, -0.2) is 4.79 Å². The van der Waals surface area contributed by atoms with Gasteiger partial charge in [0.25, 0.3) is 0 Å². The molecule has 4 heteroatoms. The second kappa shape index (κ2) is 7.81. The van der Waals surface area contributed by atoms with E-state index >= 15 is 0 Å². The zero-order valence-corrected chi connectivity index (χ0v) is 15.1. The van der Waals surface area contributed by atoms with E-state index in [0.717, 1.165) is 44.5 Å². The van der Waals surface area contributed by atoms with Crippen molar-refractivity contribution in [3.63, 3.8) is 0 Å². The first kappa shape index (κ1) is 17.0. The average Bonchev–Trinajstić information content (AvgIpc) is 3.10. The number of hydrogen-bond acceptors (Lipinski definition) is 2. The van der Waals surface area contributed by atoms with Crippen molar-refractivity contribution in [1.29, 1.82) is 0 Å². The third-order valence-electron chi connectivity index (χ3n) is 5.46. The molecule has 0 aromatic heterocycles. The standard InChI is InChI=1S/C22H26N2O2/c25-22(23-16-20-15-19-8-4-5-9-21(19)26-20)24-12-10-18(11-13-24)14-17-6-2-1-3-7-17/h1-9,18,20H,10-16H2,(H,23,25)/t20-/m1/s1. The molecular formula is C22H26N2O2. The molecule has 26 heavy (non-hydrogen) atoms. The average molecular weight is 350 g/mol. The van der Waals surface area contributed by atoms with Crippen molar-refractivity contribution in [2.75, 3.05) is 19.6 Å². The number of nitrogens with zero attached hydrogens (tertiary/aromatic N) is 1. The third kappa shape index (κ3) is 4.01. The zero-order chi connectivity index (χ0) is 17.8. The first-order chi connectivity index (χ1) is 12.8. The van der Waals surface area contributed by atoms with Crippen LogP contribution in [0, 0.1) is 5.92 Å². The van der Waals surface area contributed by atoms with E-state index in [-0.39, 0.29) is 12.1 Å². The van der Waals surface area contributed by atoms with Gasteiger partial charge in [0.05, 0.1) is 6.54 Å². The topological polar surface area (TPSA) is 41.6 Å². The SMILES string of the molecule is O=C(NC[C@H]1Cc2ccccc2O1)N1CCC(Cc2ccccc2)CC1. The maximum absolute atomic E-state index is 12.5. The van der Waals surface area contributed by atoms with E-state index in [1.54, 1.807) is 0 Å². The minimum Gasteiger partial charge on any atom is -0.488 e. The molecule has 0 aliphatic carbocycles. The maximum Gasteiger partial charge on any atom is 0.317 e. The number of likely N-dealkylation sites (tertiary alicyclic amines) is 1. The number of fused-ring (bicyclic) bond motifs is 1. The summed E-state index contributed by atoms with van der Waals surface area (Å²) in [6.07, 6.45) is 4.19. The summed E-state index contributed by atoms with van der Waals surface area (Å²) in [5, 5.41) is 3.06. The normalized spacial score (nSPS) is 19.7. The smallest absolute Gasteiger partial charge is 0.317 e. The number of carbonyl (C=O) groups is 1. The highest BCUT2D eigenvalue weighted by Gasteiger charge is 2.26. The quantitative estimate of drug-likeness (QED) is 0.914. The molecule has 136 valence electrons. The lowest BCUT2D eigenvalue weighted by Crippen LogP contribution is -2.47. The summed E-state index contributed by atoms with van der Waals surface area (Å²) >= 11 is 0. The summed E-state index contributed by atoms with van der Waals surface area (Å²) in [5.74, 6) is 1.63. The van der Waals surface area contributed by atoms with E-state index in [0.29, 0.717) is 12.5 Å². The summed E-state index contributed by atoms with van der Waals surface area (Å²) in [6, 6.07) is 18.8. The molecule has 1 N–H and O–H groups in total. The molecule has 2 aromatic rings. The number of para-hydroxylation sites is 1. The number of urea groups is 1. The molecule has 0 spiro atoms. The molecule has 2 aliphatic heterocycles. The summed E-state index contributed by atoms with van der Waals surface area (Å²) in [4.78, 5) is 14.4. The Morgan fingerprint density at radius 3 is 2.54 bits per heavy atom. The monoisotopic (exact) mass is 350 g/mol. The Morgan fingerprint density at radius 2 is 1.77 bits per heavy atom. The van der Waals surface area contributed by atoms with Gasteiger partial charge in [-0.15, -0.1) is 0 Å². The van der Waals surface area contributed by atoms with E-state index < -0.39 is 0 Å². The number of ether oxygens (including phenoxy) is 1. The first-order valence-corrected chi connectivity index (χ1v) is 9.59. The predicted octanol–water partition coefficient (Wildman–Crippen LogP) is 3.65. The highest BCUT2D eigenvalue weighted by molar-refractivity contribution is 5.74. The Labute approximate surface area is 155 Å². The van der Waals surface area contributed by atoms with Crippen LogP contribution in [0.15, 0.2) is 54.6 Å². The number of nitrogens with one attached hydrogen (secondary N) is 1. The molecule has 1 fully saturated rings. The second-order valence-corrected chi connectivity index (χ2v) is 7.36. The van der Waals surface area contributed by atoms with E-state index in [4.69, 9.17) is 4.74 Å². The molecule has 2 amide bonds. The molecule has 2 aliphatic rings. The van der Waals surface area contributed by atoms with Gasteiger partial charge in [-0.05, 0) is 42.4 Å². The maximum atomic E-state index is 12.5. The molecule has 2 heterocycles. The number of benzene rings is 2. The summed E-state index contributed by atoms with van der Waals surface area (Å²) in [6.45, 7) is 2.25. The highest BCUT2D eigenvalue weighted by Crippen LogP contribution is 2.28. The molecule has 0 radical (unpaired) electrons.